The predicted octanol–water partition coefficient (Wildman–Crippen LogP) is 22.1. The summed E-state index contributed by atoms with van der Waals surface area (Å²) in [7, 11) is 0. The highest BCUT2D eigenvalue weighted by Gasteiger charge is 2.69. The van der Waals surface area contributed by atoms with Crippen LogP contribution in [0.15, 0.2) is 121 Å². The van der Waals surface area contributed by atoms with Gasteiger partial charge in [-0.05, 0) is 262 Å². The number of anilines is 4. The van der Waals surface area contributed by atoms with E-state index >= 15 is 19.2 Å². The minimum atomic E-state index is -1.03. The molecule has 4 aliphatic carbocycles. The Labute approximate surface area is 765 Å². The smallest absolute Gasteiger partial charge is 0.232 e. The van der Waals surface area contributed by atoms with Crippen LogP contribution in [0.2, 0.25) is 0 Å². The Kier molecular flexibility index (Phi) is 25.0. The molecule has 12 amide bonds. The summed E-state index contributed by atoms with van der Waals surface area (Å²) in [6.07, 6.45) is 19.1. The number of aromatic nitrogens is 2. The molecule has 690 valence electrons. The van der Waals surface area contributed by atoms with Gasteiger partial charge in [-0.3, -0.25) is 78.8 Å². The molecule has 4 saturated heterocycles. The molecule has 6 aromatic carbocycles. The first-order valence-electron chi connectivity index (χ1n) is 49.3. The Bertz CT molecular complexity index is 5110. The van der Waals surface area contributed by atoms with Crippen LogP contribution in [0.1, 0.15) is 314 Å². The van der Waals surface area contributed by atoms with E-state index in [2.05, 4.69) is 183 Å². The van der Waals surface area contributed by atoms with Crippen LogP contribution in [0.4, 0.5) is 22.7 Å². The Morgan fingerprint density at radius 2 is 0.408 bits per heavy atom. The van der Waals surface area contributed by atoms with E-state index in [-0.39, 0.29) is 70.9 Å². The lowest BCUT2D eigenvalue weighted by atomic mass is 9.47. The first kappa shape index (κ1) is 92.6. The number of hydrogen-bond donors (Lipinski definition) is 8. The van der Waals surface area contributed by atoms with Gasteiger partial charge >= 0.3 is 0 Å². The second kappa shape index (κ2) is 35.1. The first-order valence-corrected chi connectivity index (χ1v) is 49.3. The summed E-state index contributed by atoms with van der Waals surface area (Å²) >= 11 is 0. The summed E-state index contributed by atoms with van der Waals surface area (Å²) < 4.78 is 4.36. The number of carbonyl (C=O) groups excluding carboxylic acids is 12. The van der Waals surface area contributed by atoms with Gasteiger partial charge in [-0.25, -0.2) is 0 Å². The van der Waals surface area contributed by atoms with E-state index in [4.69, 9.17) is 0 Å². The Hall–Kier alpha value is -10.6. The van der Waals surface area contributed by atoms with Crippen LogP contribution >= 0.6 is 0 Å². The molecule has 8 unspecified atom stereocenters. The van der Waals surface area contributed by atoms with Crippen molar-refractivity contribution in [3.05, 3.63) is 121 Å². The molecule has 130 heavy (non-hydrogen) atoms. The van der Waals surface area contributed by atoms with Crippen molar-refractivity contribution in [3.8, 4) is 22.5 Å². The molecule has 6 heterocycles. The van der Waals surface area contributed by atoms with E-state index in [0.717, 1.165) is 66.1 Å². The number of amides is 12. The number of fused-ring (bicyclic) bond motifs is 14. The SMILES string of the molecule is CCCC12CC(CCC)(CC(CCC)(C(=O)Nc3ccc4c(c3)c3cc(NC(=O)C5(CCC)CC6(CCC)CC(CCC)(C5)C(=O)NC6=O)ccc3n4-c3ccc(-c4ccc(-n5c6ccc(NC(=O)C7(CCC)CC8(CCC)CC(CCC)(C7)C(=O)NC8=O)cc6c6cc(NC(=O)C7(CCC)CC8(CCC)CC(CCC)(C7)C(=O)NC8=O)ccc65)cc4)cc3)C1)C(=O)NC2=O. The van der Waals surface area contributed by atoms with E-state index in [0.29, 0.717) is 254 Å². The van der Waals surface area contributed by atoms with Crippen LogP contribution in [0, 0.1) is 65.0 Å². The number of rotatable bonds is 35. The molecule has 4 saturated carbocycles. The average Bonchev–Trinajstić information content (AvgIpc) is 1.69. The number of nitrogens with zero attached hydrogens (tertiary/aromatic N) is 2. The van der Waals surface area contributed by atoms with Gasteiger partial charge in [0.15, 0.2) is 0 Å². The highest BCUT2D eigenvalue weighted by Crippen LogP contribution is 2.67. The van der Waals surface area contributed by atoms with Crippen molar-refractivity contribution < 1.29 is 57.5 Å². The molecule has 8 bridgehead atoms. The van der Waals surface area contributed by atoms with Crippen molar-refractivity contribution >= 4 is 137 Å². The van der Waals surface area contributed by atoms with Crippen LogP contribution in [0.3, 0.4) is 0 Å². The van der Waals surface area contributed by atoms with Crippen LogP contribution in [-0.2, 0) is 57.5 Å². The molecular formula is C108H136N10O12. The summed E-state index contributed by atoms with van der Waals surface area (Å²) in [5.74, 6) is -3.17. The maximum atomic E-state index is 15.7. The van der Waals surface area contributed by atoms with E-state index < -0.39 is 65.0 Å². The van der Waals surface area contributed by atoms with Crippen molar-refractivity contribution in [2.45, 2.75) is 314 Å². The molecular weight excluding hydrogens is 1630 g/mol. The van der Waals surface area contributed by atoms with Gasteiger partial charge in [-0.1, -0.05) is 184 Å². The number of carbonyl (C=O) groups is 12. The molecule has 22 heteroatoms. The van der Waals surface area contributed by atoms with Crippen LogP contribution in [0.5, 0.6) is 0 Å². The van der Waals surface area contributed by atoms with Crippen molar-refractivity contribution in [1.82, 2.24) is 30.4 Å². The lowest BCUT2D eigenvalue weighted by Crippen LogP contribution is -2.65. The van der Waals surface area contributed by atoms with Gasteiger partial charge in [0.25, 0.3) is 0 Å². The average molecular weight is 1770 g/mol. The Balaban J connectivity index is 0.767. The van der Waals surface area contributed by atoms with E-state index in [1.807, 2.05) is 72.8 Å². The molecule has 8 aromatic rings. The first-order chi connectivity index (χ1) is 62.3. The second-order valence-electron chi connectivity index (χ2n) is 42.1. The standard InChI is InChI=1S/C108H136N10O12/c1-13-41-97(57-101(45-17-5)65-102(58-97,46-18-6)90(124)113-89(101)123)85(119)109-71-29-37-81-77(53-71)78-54-72(110-86(120)98(42-14-2)59-103(47-19-7)66-104(60-98,48-20-8)92(126)114-91(103)125)30-38-82(78)117(81)75-33-25-69(26-34-75)70-27-35-76(36-28-70)118-83-39-31-73(111-87(121)99(43-15-3)61-105(49-21-9)67-106(62-99,50-22-10)94(128)115-93(105)127)55-79(83)80-56-74(32-40-84(80)118)112-88(122)100(44-16-4)63-107(51-23-11)68-108(64-100,52-24-12)96(130)116-95(107)129/h25-40,53-56H,13-24,41-52,57-68H2,1-12H3,(H,109,119)(H,110,120)(H,111,121)(H,112,122)(H,113,123,124)(H,114,125,126)(H,115,127,128)(H,116,129,130). The molecule has 16 rings (SSSR count). The normalized spacial score (nSPS) is 29.8. The third-order valence-electron chi connectivity index (χ3n) is 32.7. The van der Waals surface area contributed by atoms with Gasteiger partial charge < -0.3 is 30.4 Å². The molecule has 8 aliphatic rings. The molecule has 8 atom stereocenters. The zero-order chi connectivity index (χ0) is 92.6. The van der Waals surface area contributed by atoms with Gasteiger partial charge in [0.2, 0.25) is 70.9 Å². The van der Waals surface area contributed by atoms with Crippen molar-refractivity contribution in [1.29, 1.82) is 0 Å². The van der Waals surface area contributed by atoms with Gasteiger partial charge in [0.1, 0.15) is 0 Å². The zero-order valence-corrected chi connectivity index (χ0v) is 78.8. The molecule has 22 nitrogen and oxygen atoms in total. The quantitative estimate of drug-likeness (QED) is 0.0172. The summed E-state index contributed by atoms with van der Waals surface area (Å²) in [5, 5.41) is 27.9. The van der Waals surface area contributed by atoms with Crippen molar-refractivity contribution in [2.75, 3.05) is 21.3 Å². The highest BCUT2D eigenvalue weighted by molar-refractivity contribution is 6.16. The number of imide groups is 4. The molecule has 2 aromatic heterocycles. The maximum Gasteiger partial charge on any atom is 0.232 e. The number of piperidine rings is 4. The highest BCUT2D eigenvalue weighted by atomic mass is 16.2. The number of hydrogen-bond acceptors (Lipinski definition) is 12. The lowest BCUT2D eigenvalue weighted by molar-refractivity contribution is -0.171. The fraction of sp³-hybridized carbons (Fsp3) is 0.556. The summed E-state index contributed by atoms with van der Waals surface area (Å²) in [4.78, 5) is 177. The van der Waals surface area contributed by atoms with Crippen LogP contribution < -0.4 is 42.5 Å². The van der Waals surface area contributed by atoms with Crippen LogP contribution in [-0.4, -0.2) is 80.0 Å². The monoisotopic (exact) mass is 1770 g/mol. The molecule has 0 radical (unpaired) electrons. The van der Waals surface area contributed by atoms with Gasteiger partial charge in [-0.2, -0.15) is 0 Å². The fourth-order valence-corrected chi connectivity index (χ4v) is 28.7. The fourth-order valence-electron chi connectivity index (χ4n) is 28.7. The molecule has 4 aliphatic heterocycles. The maximum absolute atomic E-state index is 15.7. The minimum absolute atomic E-state index is 0.219. The van der Waals surface area contributed by atoms with Gasteiger partial charge in [-0.15, -0.1) is 0 Å². The Morgan fingerprint density at radius 1 is 0.238 bits per heavy atom. The van der Waals surface area contributed by atoms with Gasteiger partial charge in [0, 0.05) is 55.7 Å². The number of benzene rings is 6. The van der Waals surface area contributed by atoms with Gasteiger partial charge in [0.05, 0.1) is 87.0 Å². The third kappa shape index (κ3) is 15.4. The third-order valence-corrected chi connectivity index (χ3v) is 32.7. The Morgan fingerprint density at radius 3 is 0.569 bits per heavy atom. The molecule has 8 fully saturated rings. The topological polar surface area (TPSA) is 311 Å². The van der Waals surface area contributed by atoms with E-state index in [1.165, 1.54) is 0 Å². The molecule has 8 N–H and O–H groups in total. The zero-order valence-electron chi connectivity index (χ0n) is 78.8. The van der Waals surface area contributed by atoms with E-state index in [1.54, 1.807) is 0 Å². The second-order valence-corrected chi connectivity index (χ2v) is 42.1. The summed E-state index contributed by atoms with van der Waals surface area (Å²) in [6, 6.07) is 40.4. The minimum Gasteiger partial charge on any atom is -0.326 e. The van der Waals surface area contributed by atoms with E-state index in [9.17, 15) is 38.4 Å². The van der Waals surface area contributed by atoms with Crippen molar-refractivity contribution in [2.24, 2.45) is 65.0 Å². The van der Waals surface area contributed by atoms with Crippen molar-refractivity contribution in [3.63, 3.8) is 0 Å². The summed E-state index contributed by atoms with van der Waals surface area (Å²) in [6.45, 7) is 24.6. The number of nitrogens with one attached hydrogen (secondary N) is 8. The predicted molar refractivity (Wildman–Crippen MR) is 511 cm³/mol. The van der Waals surface area contributed by atoms with Crippen LogP contribution in [0.25, 0.3) is 66.1 Å². The lowest BCUT2D eigenvalue weighted by Gasteiger charge is -2.57. The summed E-state index contributed by atoms with van der Waals surface area (Å²) in [5.41, 5.74) is -2.25. The largest absolute Gasteiger partial charge is 0.326 e. The molecule has 0 spiro atoms.